The minimum Gasteiger partial charge on any atom is -0.311 e. The quantitative estimate of drug-likeness (QED) is 0.252. The van der Waals surface area contributed by atoms with Gasteiger partial charge >= 0.3 is 0 Å². The first-order valence-electron chi connectivity index (χ1n) is 11.7. The van der Waals surface area contributed by atoms with Gasteiger partial charge < -0.3 is 4.90 Å². The van der Waals surface area contributed by atoms with Crippen molar-refractivity contribution in [2.24, 2.45) is 0 Å². The summed E-state index contributed by atoms with van der Waals surface area (Å²) in [6, 6.07) is 36.8. The van der Waals surface area contributed by atoms with Gasteiger partial charge in [-0.05, 0) is 66.4 Å². The molecule has 4 rings (SSSR count). The van der Waals surface area contributed by atoms with Gasteiger partial charge in [-0.15, -0.1) is 0 Å². The van der Waals surface area contributed by atoms with Crippen LogP contribution in [0.1, 0.15) is 35.6 Å². The first-order valence-corrected chi connectivity index (χ1v) is 11.7. The molecule has 0 N–H and O–H groups in total. The third kappa shape index (κ3) is 6.11. The standard InChI is InChI=1S/C32H31N/c1-3-9-27-16-22-31(23-17-27)33(30-20-14-26(2)15-21-30)32-24-18-29(19-25-32)13-8-7-12-28-10-5-4-6-11-28/h4-8,10-25H,3,9H2,1-2H3/b12-7+,13-8+. The average Bonchev–Trinajstić information content (AvgIpc) is 2.86. The predicted octanol–water partition coefficient (Wildman–Crippen LogP) is 9.14. The van der Waals surface area contributed by atoms with Crippen LogP contribution in [0, 0.1) is 6.92 Å². The number of rotatable bonds is 8. The third-order valence-electron chi connectivity index (χ3n) is 5.66. The number of hydrogen-bond donors (Lipinski definition) is 0. The van der Waals surface area contributed by atoms with E-state index in [9.17, 15) is 0 Å². The maximum Gasteiger partial charge on any atom is 0.0462 e. The Morgan fingerprint density at radius 2 is 1.06 bits per heavy atom. The number of anilines is 3. The highest BCUT2D eigenvalue weighted by molar-refractivity contribution is 5.77. The van der Waals surface area contributed by atoms with E-state index in [0.717, 1.165) is 24.2 Å². The molecule has 0 saturated carbocycles. The molecular formula is C32H31N. The number of nitrogens with zero attached hydrogens (tertiary/aromatic N) is 1. The lowest BCUT2D eigenvalue weighted by Gasteiger charge is -2.26. The fraction of sp³-hybridized carbons (Fsp3) is 0.125. The molecule has 0 atom stereocenters. The smallest absolute Gasteiger partial charge is 0.0462 e. The second-order valence-electron chi connectivity index (χ2n) is 8.31. The van der Waals surface area contributed by atoms with E-state index in [-0.39, 0.29) is 0 Å². The molecule has 0 unspecified atom stereocenters. The van der Waals surface area contributed by atoms with E-state index in [1.165, 1.54) is 27.9 Å². The van der Waals surface area contributed by atoms with Gasteiger partial charge in [-0.2, -0.15) is 0 Å². The molecule has 0 radical (unpaired) electrons. The lowest BCUT2D eigenvalue weighted by atomic mass is 10.1. The van der Waals surface area contributed by atoms with Gasteiger partial charge in [-0.1, -0.05) is 110 Å². The Balaban J connectivity index is 1.57. The molecule has 4 aromatic carbocycles. The molecule has 164 valence electrons. The van der Waals surface area contributed by atoms with Crippen molar-refractivity contribution in [3.05, 3.63) is 138 Å². The predicted molar refractivity (Wildman–Crippen MR) is 144 cm³/mol. The summed E-state index contributed by atoms with van der Waals surface area (Å²) in [5.74, 6) is 0. The summed E-state index contributed by atoms with van der Waals surface area (Å²) >= 11 is 0. The Morgan fingerprint density at radius 3 is 1.61 bits per heavy atom. The van der Waals surface area contributed by atoms with Gasteiger partial charge in [-0.3, -0.25) is 0 Å². The molecule has 33 heavy (non-hydrogen) atoms. The van der Waals surface area contributed by atoms with E-state index in [1.54, 1.807) is 0 Å². The van der Waals surface area contributed by atoms with E-state index in [4.69, 9.17) is 0 Å². The molecular weight excluding hydrogens is 398 g/mol. The van der Waals surface area contributed by atoms with E-state index >= 15 is 0 Å². The Labute approximate surface area is 198 Å². The van der Waals surface area contributed by atoms with Crippen LogP contribution >= 0.6 is 0 Å². The second kappa shape index (κ2) is 11.2. The minimum atomic E-state index is 1.12. The number of benzene rings is 4. The van der Waals surface area contributed by atoms with E-state index in [1.807, 2.05) is 6.07 Å². The summed E-state index contributed by atoms with van der Waals surface area (Å²) in [6.45, 7) is 4.35. The van der Waals surface area contributed by atoms with E-state index in [2.05, 4.69) is 140 Å². The number of hydrogen-bond acceptors (Lipinski definition) is 1. The van der Waals surface area contributed by atoms with Crippen LogP contribution in [-0.4, -0.2) is 0 Å². The average molecular weight is 430 g/mol. The SMILES string of the molecule is CCCc1ccc(N(c2ccc(C)cc2)c2ccc(/C=C/C=C/c3ccccc3)cc2)cc1. The molecule has 0 aromatic heterocycles. The highest BCUT2D eigenvalue weighted by atomic mass is 15.1. The van der Waals surface area contributed by atoms with Crippen LogP contribution in [0.3, 0.4) is 0 Å². The highest BCUT2D eigenvalue weighted by Crippen LogP contribution is 2.35. The Bertz CT molecular complexity index is 1180. The maximum absolute atomic E-state index is 2.32. The van der Waals surface area contributed by atoms with E-state index < -0.39 is 0 Å². The van der Waals surface area contributed by atoms with Crippen LogP contribution in [0.5, 0.6) is 0 Å². The Morgan fingerprint density at radius 1 is 0.576 bits per heavy atom. The van der Waals surface area contributed by atoms with Crippen molar-refractivity contribution < 1.29 is 0 Å². The molecule has 0 spiro atoms. The van der Waals surface area contributed by atoms with Crippen LogP contribution in [0.15, 0.2) is 115 Å². The van der Waals surface area contributed by atoms with Crippen molar-refractivity contribution >= 4 is 29.2 Å². The first-order chi connectivity index (χ1) is 16.2. The van der Waals surface area contributed by atoms with Gasteiger partial charge in [0.2, 0.25) is 0 Å². The fourth-order valence-electron chi connectivity index (χ4n) is 3.87. The molecule has 0 saturated heterocycles. The van der Waals surface area contributed by atoms with Gasteiger partial charge in [-0.25, -0.2) is 0 Å². The maximum atomic E-state index is 2.32. The molecule has 0 fully saturated rings. The molecule has 1 nitrogen and oxygen atoms in total. The topological polar surface area (TPSA) is 3.24 Å². The van der Waals surface area contributed by atoms with Crippen molar-refractivity contribution in [2.75, 3.05) is 4.90 Å². The Hall–Kier alpha value is -3.84. The summed E-state index contributed by atoms with van der Waals surface area (Å²) in [4.78, 5) is 2.32. The zero-order valence-corrected chi connectivity index (χ0v) is 19.5. The highest BCUT2D eigenvalue weighted by Gasteiger charge is 2.12. The summed E-state index contributed by atoms with van der Waals surface area (Å²) in [5.41, 5.74) is 8.52. The van der Waals surface area contributed by atoms with Gasteiger partial charge in [0.1, 0.15) is 0 Å². The molecule has 0 aliphatic heterocycles. The van der Waals surface area contributed by atoms with Gasteiger partial charge in [0.25, 0.3) is 0 Å². The summed E-state index contributed by atoms with van der Waals surface area (Å²) in [5, 5.41) is 0. The lowest BCUT2D eigenvalue weighted by molar-refractivity contribution is 0.922. The van der Waals surface area contributed by atoms with Crippen molar-refractivity contribution in [1.29, 1.82) is 0 Å². The number of allylic oxidation sites excluding steroid dienone is 2. The van der Waals surface area contributed by atoms with Gasteiger partial charge in [0.15, 0.2) is 0 Å². The van der Waals surface area contributed by atoms with Crippen LogP contribution < -0.4 is 4.90 Å². The van der Waals surface area contributed by atoms with Crippen molar-refractivity contribution in [3.63, 3.8) is 0 Å². The first kappa shape index (κ1) is 22.4. The lowest BCUT2D eigenvalue weighted by Crippen LogP contribution is -2.10. The van der Waals surface area contributed by atoms with E-state index in [0.29, 0.717) is 0 Å². The number of aryl methyl sites for hydroxylation is 2. The largest absolute Gasteiger partial charge is 0.311 e. The van der Waals surface area contributed by atoms with Crippen molar-refractivity contribution in [1.82, 2.24) is 0 Å². The summed E-state index contributed by atoms with van der Waals surface area (Å²) in [6.07, 6.45) is 10.7. The molecule has 0 amide bonds. The molecule has 1 heteroatoms. The minimum absolute atomic E-state index is 1.12. The van der Waals surface area contributed by atoms with Crippen molar-refractivity contribution in [2.45, 2.75) is 26.7 Å². The van der Waals surface area contributed by atoms with Gasteiger partial charge in [0.05, 0.1) is 0 Å². The van der Waals surface area contributed by atoms with Crippen LogP contribution in [0.2, 0.25) is 0 Å². The van der Waals surface area contributed by atoms with Crippen LogP contribution in [0.4, 0.5) is 17.1 Å². The zero-order valence-electron chi connectivity index (χ0n) is 19.5. The molecule has 0 bridgehead atoms. The third-order valence-corrected chi connectivity index (χ3v) is 5.66. The zero-order chi connectivity index (χ0) is 22.9. The fourth-order valence-corrected chi connectivity index (χ4v) is 3.87. The molecule has 0 aliphatic carbocycles. The van der Waals surface area contributed by atoms with Crippen molar-refractivity contribution in [3.8, 4) is 0 Å². The summed E-state index contributed by atoms with van der Waals surface area (Å²) in [7, 11) is 0. The van der Waals surface area contributed by atoms with Crippen LogP contribution in [0.25, 0.3) is 12.2 Å². The second-order valence-corrected chi connectivity index (χ2v) is 8.31. The molecule has 0 aliphatic rings. The molecule has 4 aromatic rings. The summed E-state index contributed by atoms with van der Waals surface area (Å²) < 4.78 is 0. The van der Waals surface area contributed by atoms with Gasteiger partial charge in [0, 0.05) is 17.1 Å². The molecule has 0 heterocycles. The van der Waals surface area contributed by atoms with Crippen LogP contribution in [-0.2, 0) is 6.42 Å². The Kier molecular flexibility index (Phi) is 7.56. The normalized spacial score (nSPS) is 11.3. The monoisotopic (exact) mass is 429 g/mol.